The molecule has 0 unspecified atom stereocenters. The normalized spacial score (nSPS) is 17.4. The van der Waals surface area contributed by atoms with E-state index in [1.54, 1.807) is 30.3 Å². The predicted octanol–water partition coefficient (Wildman–Crippen LogP) is 5.69. The minimum Gasteiger partial charge on any atom is -0.457 e. The molecule has 2 N–H and O–H groups in total. The fourth-order valence-corrected chi connectivity index (χ4v) is 5.75. The number of rotatable bonds is 8. The first kappa shape index (κ1) is 26.3. The van der Waals surface area contributed by atoms with Crippen LogP contribution in [-0.4, -0.2) is 63.0 Å². The molecule has 2 aliphatic rings. The van der Waals surface area contributed by atoms with E-state index >= 15 is 0 Å². The number of carbonyl (C=O) groups excluding carboxylic acids is 1. The molecule has 3 heterocycles. The first-order valence-electron chi connectivity index (χ1n) is 13.4. The van der Waals surface area contributed by atoms with E-state index in [-0.39, 0.29) is 17.8 Å². The van der Waals surface area contributed by atoms with Gasteiger partial charge in [0.1, 0.15) is 40.3 Å². The average molecular weight is 561 g/mol. The van der Waals surface area contributed by atoms with Crippen LogP contribution in [0.3, 0.4) is 0 Å². The van der Waals surface area contributed by atoms with E-state index in [4.69, 9.17) is 22.1 Å². The average Bonchev–Trinajstić information content (AvgIpc) is 3.60. The Hall–Kier alpha value is -3.95. The van der Waals surface area contributed by atoms with Crippen LogP contribution in [0.25, 0.3) is 22.2 Å². The van der Waals surface area contributed by atoms with Crippen LogP contribution >= 0.6 is 11.6 Å². The first-order valence-corrected chi connectivity index (χ1v) is 13.8. The minimum absolute atomic E-state index is 0.00234. The van der Waals surface area contributed by atoms with Gasteiger partial charge in [-0.15, -0.1) is 0 Å². The lowest BCUT2D eigenvalue weighted by Gasteiger charge is -2.17. The molecule has 2 aromatic carbocycles. The van der Waals surface area contributed by atoms with E-state index in [0.717, 1.165) is 24.1 Å². The Labute approximate surface area is 236 Å². The number of ether oxygens (including phenoxy) is 1. The molecular formula is C30H30ClFN6O2. The molecule has 6 rings (SSSR count). The molecule has 1 atom stereocenters. The lowest BCUT2D eigenvalue weighted by atomic mass is 10.1. The van der Waals surface area contributed by atoms with Gasteiger partial charge in [-0.2, -0.15) is 0 Å². The summed E-state index contributed by atoms with van der Waals surface area (Å²) in [5, 5.41) is 1.15. The lowest BCUT2D eigenvalue weighted by Crippen LogP contribution is -2.28. The van der Waals surface area contributed by atoms with E-state index < -0.39 is 0 Å². The van der Waals surface area contributed by atoms with Crippen LogP contribution in [0.4, 0.5) is 10.2 Å². The third-order valence-corrected chi connectivity index (χ3v) is 7.96. The third kappa shape index (κ3) is 5.26. The highest BCUT2D eigenvalue weighted by molar-refractivity contribution is 6.35. The summed E-state index contributed by atoms with van der Waals surface area (Å²) in [6.45, 7) is 1.92. The molecule has 1 saturated heterocycles. The summed E-state index contributed by atoms with van der Waals surface area (Å²) in [6.07, 6.45) is 8.27. The van der Waals surface area contributed by atoms with Gasteiger partial charge < -0.3 is 19.9 Å². The standard InChI is InChI=1S/C30H30ClFN6O2/c1-36(21-9-10-21)14-3-6-25(39)37-15-13-22(17-37)38-28(31)26(27-29(33)34-18-35-30(27)38)19-7-11-23(12-8-19)40-24-5-2-4-20(32)16-24/h2-8,11-12,16,18,21-22H,9-10,13-15,17H2,1H3,(H2,33,34,35)/b6-3+/t22-/m1/s1. The summed E-state index contributed by atoms with van der Waals surface area (Å²) in [7, 11) is 2.09. The van der Waals surface area contributed by atoms with Crippen LogP contribution in [-0.2, 0) is 4.79 Å². The molecular weight excluding hydrogens is 531 g/mol. The van der Waals surface area contributed by atoms with Crippen molar-refractivity contribution in [1.29, 1.82) is 0 Å². The largest absolute Gasteiger partial charge is 0.457 e. The second-order valence-electron chi connectivity index (χ2n) is 10.4. The van der Waals surface area contributed by atoms with Crippen LogP contribution < -0.4 is 10.5 Å². The van der Waals surface area contributed by atoms with Crippen LogP contribution in [0, 0.1) is 5.82 Å². The number of aromatic nitrogens is 3. The number of anilines is 1. The zero-order valence-electron chi connectivity index (χ0n) is 22.1. The molecule has 2 fully saturated rings. The van der Waals surface area contributed by atoms with Crippen LogP contribution in [0.1, 0.15) is 25.3 Å². The number of amides is 1. The molecule has 206 valence electrons. The Morgan fingerprint density at radius 1 is 1.18 bits per heavy atom. The molecule has 8 nitrogen and oxygen atoms in total. The van der Waals surface area contributed by atoms with E-state index in [2.05, 4.69) is 21.9 Å². The number of halogens is 2. The summed E-state index contributed by atoms with van der Waals surface area (Å²) in [6, 6.07) is 13.9. The van der Waals surface area contributed by atoms with Gasteiger partial charge in [0.05, 0.1) is 11.4 Å². The van der Waals surface area contributed by atoms with Gasteiger partial charge in [-0.05, 0) is 56.1 Å². The molecule has 1 aliphatic heterocycles. The van der Waals surface area contributed by atoms with Gasteiger partial charge in [-0.3, -0.25) is 9.69 Å². The molecule has 1 saturated carbocycles. The number of hydrogen-bond donors (Lipinski definition) is 1. The Morgan fingerprint density at radius 3 is 2.73 bits per heavy atom. The van der Waals surface area contributed by atoms with Gasteiger partial charge in [-0.25, -0.2) is 14.4 Å². The zero-order valence-corrected chi connectivity index (χ0v) is 22.9. The van der Waals surface area contributed by atoms with E-state index in [1.807, 2.05) is 27.7 Å². The molecule has 40 heavy (non-hydrogen) atoms. The van der Waals surface area contributed by atoms with Crippen LogP contribution in [0.15, 0.2) is 67.0 Å². The fraction of sp³-hybridized carbons (Fsp3) is 0.300. The Morgan fingerprint density at radius 2 is 1.98 bits per heavy atom. The van der Waals surface area contributed by atoms with Crippen molar-refractivity contribution in [2.24, 2.45) is 0 Å². The highest BCUT2D eigenvalue weighted by atomic mass is 35.5. The fourth-order valence-electron chi connectivity index (χ4n) is 5.32. The van der Waals surface area contributed by atoms with Crippen molar-refractivity contribution >= 4 is 34.4 Å². The maximum Gasteiger partial charge on any atom is 0.246 e. The third-order valence-electron chi connectivity index (χ3n) is 7.59. The Kier molecular flexibility index (Phi) is 7.16. The highest BCUT2D eigenvalue weighted by Gasteiger charge is 2.32. The monoisotopic (exact) mass is 560 g/mol. The van der Waals surface area contributed by atoms with Gasteiger partial charge in [0, 0.05) is 43.4 Å². The summed E-state index contributed by atoms with van der Waals surface area (Å²) in [4.78, 5) is 25.8. The zero-order chi connectivity index (χ0) is 27.8. The summed E-state index contributed by atoms with van der Waals surface area (Å²) >= 11 is 7.05. The maximum absolute atomic E-state index is 13.5. The molecule has 0 bridgehead atoms. The van der Waals surface area contributed by atoms with E-state index in [9.17, 15) is 9.18 Å². The molecule has 0 spiro atoms. The van der Waals surface area contributed by atoms with Gasteiger partial charge in [0.15, 0.2) is 0 Å². The van der Waals surface area contributed by atoms with Crippen molar-refractivity contribution in [2.45, 2.75) is 31.3 Å². The maximum atomic E-state index is 13.5. The van der Waals surface area contributed by atoms with Crippen molar-refractivity contribution in [1.82, 2.24) is 24.3 Å². The van der Waals surface area contributed by atoms with E-state index in [1.165, 1.54) is 31.3 Å². The summed E-state index contributed by atoms with van der Waals surface area (Å²) in [5.74, 6) is 0.926. The van der Waals surface area contributed by atoms with Crippen molar-refractivity contribution in [2.75, 3.05) is 32.4 Å². The van der Waals surface area contributed by atoms with Crippen molar-refractivity contribution in [3.05, 3.63) is 78.0 Å². The Bertz CT molecular complexity index is 1580. The lowest BCUT2D eigenvalue weighted by molar-refractivity contribution is -0.125. The number of likely N-dealkylation sites (N-methyl/N-ethyl adjacent to an activating group) is 1. The SMILES string of the molecule is CN(C/C=C/C(=O)N1CC[C@@H](n2c(Cl)c(-c3ccc(Oc4cccc(F)c4)cc3)c3c(N)ncnc32)C1)C1CC1. The van der Waals surface area contributed by atoms with Crippen molar-refractivity contribution in [3.8, 4) is 22.6 Å². The molecule has 4 aromatic rings. The number of benzene rings is 2. The van der Waals surface area contributed by atoms with Crippen LogP contribution in [0.5, 0.6) is 11.5 Å². The van der Waals surface area contributed by atoms with Gasteiger partial charge in [0.2, 0.25) is 5.91 Å². The first-order chi connectivity index (χ1) is 19.4. The predicted molar refractivity (Wildman–Crippen MR) is 154 cm³/mol. The van der Waals surface area contributed by atoms with Gasteiger partial charge in [0.25, 0.3) is 0 Å². The van der Waals surface area contributed by atoms with Crippen molar-refractivity contribution in [3.63, 3.8) is 0 Å². The number of fused-ring (bicyclic) bond motifs is 1. The molecule has 1 aliphatic carbocycles. The Balaban J connectivity index is 1.25. The second-order valence-corrected chi connectivity index (χ2v) is 10.7. The summed E-state index contributed by atoms with van der Waals surface area (Å²) < 4.78 is 21.3. The second kappa shape index (κ2) is 10.9. The summed E-state index contributed by atoms with van der Waals surface area (Å²) in [5.41, 5.74) is 8.51. The van der Waals surface area contributed by atoms with Gasteiger partial charge in [-0.1, -0.05) is 35.9 Å². The van der Waals surface area contributed by atoms with E-state index in [0.29, 0.717) is 52.6 Å². The molecule has 2 aromatic heterocycles. The number of nitrogens with zero attached hydrogens (tertiary/aromatic N) is 5. The molecule has 0 radical (unpaired) electrons. The minimum atomic E-state index is -0.367. The smallest absolute Gasteiger partial charge is 0.246 e. The van der Waals surface area contributed by atoms with Gasteiger partial charge >= 0.3 is 0 Å². The molecule has 10 heteroatoms. The number of likely N-dealkylation sites (tertiary alicyclic amines) is 1. The quantitative estimate of drug-likeness (QED) is 0.279. The molecule has 1 amide bonds. The number of nitrogens with two attached hydrogens (primary N) is 1. The topological polar surface area (TPSA) is 89.5 Å². The van der Waals surface area contributed by atoms with Crippen molar-refractivity contribution < 1.29 is 13.9 Å². The number of hydrogen-bond acceptors (Lipinski definition) is 6. The number of carbonyl (C=O) groups is 1. The highest BCUT2D eigenvalue weighted by Crippen LogP contribution is 2.43. The number of nitrogen functional groups attached to an aromatic ring is 1. The van der Waals surface area contributed by atoms with Crippen LogP contribution in [0.2, 0.25) is 5.15 Å².